The van der Waals surface area contributed by atoms with Gasteiger partial charge in [-0.25, -0.2) is 9.13 Å². The van der Waals surface area contributed by atoms with Gasteiger partial charge in [-0.05, 0) is 31.6 Å². The third-order valence-corrected chi connectivity index (χ3v) is 17.4. The van der Waals surface area contributed by atoms with Crippen molar-refractivity contribution < 1.29 is 80.2 Å². The molecular formula is C67H130O17P2. The monoisotopic (exact) mass is 1270 g/mol. The Morgan fingerprint density at radius 3 is 0.791 bits per heavy atom. The molecular weight excluding hydrogens is 1140 g/mol. The second-order valence-electron chi connectivity index (χ2n) is 24.7. The molecule has 0 amide bonds. The summed E-state index contributed by atoms with van der Waals surface area (Å²) in [6, 6.07) is 0. The summed E-state index contributed by atoms with van der Waals surface area (Å²) in [6.07, 6.45) is 46.1. The van der Waals surface area contributed by atoms with Gasteiger partial charge in [-0.2, -0.15) is 0 Å². The van der Waals surface area contributed by atoms with Crippen molar-refractivity contribution in [2.75, 3.05) is 39.6 Å². The van der Waals surface area contributed by atoms with Crippen molar-refractivity contribution in [3.05, 3.63) is 0 Å². The number of aliphatic hydroxyl groups excluding tert-OH is 1. The van der Waals surface area contributed by atoms with Crippen LogP contribution in [0.4, 0.5) is 0 Å². The maximum Gasteiger partial charge on any atom is 0.472 e. The van der Waals surface area contributed by atoms with E-state index in [2.05, 4.69) is 34.6 Å². The molecule has 0 aliphatic heterocycles. The van der Waals surface area contributed by atoms with Crippen LogP contribution in [0.1, 0.15) is 343 Å². The highest BCUT2D eigenvalue weighted by atomic mass is 31.2. The van der Waals surface area contributed by atoms with Crippen molar-refractivity contribution in [1.82, 2.24) is 0 Å². The van der Waals surface area contributed by atoms with Gasteiger partial charge in [0.2, 0.25) is 0 Å². The zero-order chi connectivity index (χ0) is 63.5. The molecule has 0 aromatic carbocycles. The molecule has 0 bridgehead atoms. The fourth-order valence-electron chi connectivity index (χ4n) is 10.1. The van der Waals surface area contributed by atoms with E-state index in [0.29, 0.717) is 25.7 Å². The number of carbonyl (C=O) groups is 4. The molecule has 0 radical (unpaired) electrons. The van der Waals surface area contributed by atoms with Gasteiger partial charge in [-0.3, -0.25) is 37.3 Å². The predicted octanol–water partition coefficient (Wildman–Crippen LogP) is 19.0. The van der Waals surface area contributed by atoms with Crippen LogP contribution in [-0.2, 0) is 65.4 Å². The van der Waals surface area contributed by atoms with Crippen molar-refractivity contribution >= 4 is 39.5 Å². The molecule has 86 heavy (non-hydrogen) atoms. The fourth-order valence-corrected chi connectivity index (χ4v) is 11.7. The smallest absolute Gasteiger partial charge is 0.462 e. The van der Waals surface area contributed by atoms with E-state index in [1.165, 1.54) is 154 Å². The Labute approximate surface area is 524 Å². The first-order valence-corrected chi connectivity index (χ1v) is 38.1. The van der Waals surface area contributed by atoms with Crippen molar-refractivity contribution in [2.24, 2.45) is 5.92 Å². The summed E-state index contributed by atoms with van der Waals surface area (Å²) in [5, 5.41) is 10.5. The standard InChI is InChI=1S/C67H130O17P2/c1-6-9-12-15-18-30-36-41-46-51-65(70)78-57-63(84-67(72)53-48-43-38-33-29-27-25-23-21-20-22-24-26-28-32-35-39-44-49-60(4)5)59-82-86(75,76)80-55-61(68)54-79-85(73,74)81-58-62(56-77-64(69)50-45-40-34-17-14-11-8-3)83-66(71)52-47-42-37-31-19-16-13-10-7-2/h60-63,68H,6-59H2,1-5H3,(H,73,74)(H,75,76)/t61-,62+,63+/m0/s1. The third kappa shape index (κ3) is 60.9. The first kappa shape index (κ1) is 84.1. The molecule has 2 unspecified atom stereocenters. The summed E-state index contributed by atoms with van der Waals surface area (Å²) in [7, 11) is -9.88. The van der Waals surface area contributed by atoms with Gasteiger partial charge in [0.05, 0.1) is 26.4 Å². The molecule has 0 fully saturated rings. The average Bonchev–Trinajstić information content (AvgIpc) is 3.68. The maximum atomic E-state index is 13.0. The minimum absolute atomic E-state index is 0.106. The van der Waals surface area contributed by atoms with Gasteiger partial charge >= 0.3 is 39.5 Å². The lowest BCUT2D eigenvalue weighted by Gasteiger charge is -2.21. The maximum absolute atomic E-state index is 13.0. The molecule has 0 spiro atoms. The number of aliphatic hydroxyl groups is 1. The lowest BCUT2D eigenvalue weighted by atomic mass is 10.0. The number of hydrogen-bond acceptors (Lipinski definition) is 15. The molecule has 0 aromatic heterocycles. The van der Waals surface area contributed by atoms with E-state index < -0.39 is 97.5 Å². The predicted molar refractivity (Wildman–Crippen MR) is 345 cm³/mol. The van der Waals surface area contributed by atoms with Crippen LogP contribution in [0.2, 0.25) is 0 Å². The molecule has 0 rings (SSSR count). The van der Waals surface area contributed by atoms with Crippen LogP contribution in [0.25, 0.3) is 0 Å². The van der Waals surface area contributed by atoms with Crippen molar-refractivity contribution in [3.8, 4) is 0 Å². The first-order chi connectivity index (χ1) is 41.5. The molecule has 0 heterocycles. The summed E-state index contributed by atoms with van der Waals surface area (Å²) >= 11 is 0. The quantitative estimate of drug-likeness (QED) is 0.0222. The fraction of sp³-hybridized carbons (Fsp3) is 0.940. The zero-order valence-corrected chi connectivity index (χ0v) is 57.2. The Bertz CT molecular complexity index is 1670. The van der Waals surface area contributed by atoms with Gasteiger partial charge < -0.3 is 33.8 Å². The molecule has 510 valence electrons. The van der Waals surface area contributed by atoms with Crippen LogP contribution in [-0.4, -0.2) is 96.7 Å². The molecule has 0 aliphatic carbocycles. The molecule has 0 aliphatic rings. The molecule has 5 atom stereocenters. The van der Waals surface area contributed by atoms with Crippen LogP contribution in [0.3, 0.4) is 0 Å². The Kier molecular flexibility index (Phi) is 59.2. The normalized spacial score (nSPS) is 14.2. The number of rotatable bonds is 67. The Morgan fingerprint density at radius 1 is 0.314 bits per heavy atom. The second-order valence-corrected chi connectivity index (χ2v) is 27.6. The highest BCUT2D eigenvalue weighted by molar-refractivity contribution is 7.47. The summed E-state index contributed by atoms with van der Waals surface area (Å²) < 4.78 is 67.9. The van der Waals surface area contributed by atoms with E-state index in [4.69, 9.17) is 37.0 Å². The lowest BCUT2D eigenvalue weighted by Crippen LogP contribution is -2.30. The Hall–Kier alpha value is -1.94. The summed E-state index contributed by atoms with van der Waals surface area (Å²) in [5.41, 5.74) is 0. The molecule has 0 saturated heterocycles. The number of hydrogen-bond donors (Lipinski definition) is 3. The van der Waals surface area contributed by atoms with Gasteiger partial charge in [0.1, 0.15) is 19.3 Å². The van der Waals surface area contributed by atoms with E-state index in [1.54, 1.807) is 0 Å². The molecule has 17 nitrogen and oxygen atoms in total. The van der Waals surface area contributed by atoms with E-state index in [9.17, 15) is 43.2 Å². The van der Waals surface area contributed by atoms with E-state index >= 15 is 0 Å². The summed E-state index contributed by atoms with van der Waals surface area (Å²) in [6.45, 7) is 7.18. The Balaban J connectivity index is 5.08. The molecule has 0 aromatic rings. The number of ether oxygens (including phenoxy) is 4. The number of unbranched alkanes of at least 4 members (excludes halogenated alkanes) is 39. The van der Waals surface area contributed by atoms with Gasteiger partial charge in [0, 0.05) is 25.7 Å². The molecule has 0 saturated carbocycles. The van der Waals surface area contributed by atoms with Crippen molar-refractivity contribution in [1.29, 1.82) is 0 Å². The lowest BCUT2D eigenvalue weighted by molar-refractivity contribution is -0.161. The number of carbonyl (C=O) groups excluding carboxylic acids is 4. The zero-order valence-electron chi connectivity index (χ0n) is 55.4. The third-order valence-electron chi connectivity index (χ3n) is 15.5. The average molecular weight is 1270 g/mol. The van der Waals surface area contributed by atoms with E-state index in [-0.39, 0.29) is 25.7 Å². The van der Waals surface area contributed by atoms with Crippen LogP contribution in [0, 0.1) is 5.92 Å². The van der Waals surface area contributed by atoms with Crippen LogP contribution >= 0.6 is 15.6 Å². The highest BCUT2D eigenvalue weighted by Gasteiger charge is 2.30. The second kappa shape index (κ2) is 60.6. The molecule has 19 heteroatoms. The number of phosphoric ester groups is 2. The Morgan fingerprint density at radius 2 is 0.535 bits per heavy atom. The van der Waals surface area contributed by atoms with Crippen LogP contribution in [0.5, 0.6) is 0 Å². The topological polar surface area (TPSA) is 237 Å². The largest absolute Gasteiger partial charge is 0.472 e. The van der Waals surface area contributed by atoms with E-state index in [1.807, 2.05) is 0 Å². The van der Waals surface area contributed by atoms with Crippen molar-refractivity contribution in [2.45, 2.75) is 361 Å². The van der Waals surface area contributed by atoms with Crippen molar-refractivity contribution in [3.63, 3.8) is 0 Å². The van der Waals surface area contributed by atoms with Gasteiger partial charge in [-0.1, -0.05) is 291 Å². The van der Waals surface area contributed by atoms with E-state index in [0.717, 1.165) is 109 Å². The van der Waals surface area contributed by atoms with Crippen LogP contribution < -0.4 is 0 Å². The van der Waals surface area contributed by atoms with Gasteiger partial charge in [-0.15, -0.1) is 0 Å². The first-order valence-electron chi connectivity index (χ1n) is 35.1. The summed E-state index contributed by atoms with van der Waals surface area (Å²) in [5.74, 6) is -1.31. The molecule has 3 N–H and O–H groups in total. The minimum Gasteiger partial charge on any atom is -0.462 e. The van der Waals surface area contributed by atoms with Crippen LogP contribution in [0.15, 0.2) is 0 Å². The van der Waals surface area contributed by atoms with Gasteiger partial charge in [0.15, 0.2) is 12.2 Å². The highest BCUT2D eigenvalue weighted by Crippen LogP contribution is 2.45. The number of esters is 4. The summed E-state index contributed by atoms with van der Waals surface area (Å²) in [4.78, 5) is 72.1. The minimum atomic E-state index is -4.94. The SMILES string of the molecule is CCCCCCCCCCCC(=O)OC[C@H](COP(=O)(O)OC[C@@H](O)COP(=O)(O)OC[C@@H](COC(=O)CCCCCCCCC)OC(=O)CCCCCCCCCCC)OC(=O)CCCCCCCCCCCCCCCCCCCCC(C)C. The van der Waals surface area contributed by atoms with Gasteiger partial charge in [0.25, 0.3) is 0 Å². The number of phosphoric acid groups is 2.